The number of allylic oxidation sites excluding steroid dienone is 1. The van der Waals surface area contributed by atoms with Crippen LogP contribution < -0.4 is 9.47 Å². The molecule has 6 nitrogen and oxygen atoms in total. The zero-order valence-corrected chi connectivity index (χ0v) is 18.6. The molecule has 0 aromatic heterocycles. The Morgan fingerprint density at radius 1 is 1.12 bits per heavy atom. The number of non-ortho nitro benzene ring substituents is 1. The number of benzene rings is 3. The lowest BCUT2D eigenvalue weighted by Crippen LogP contribution is -2.01. The maximum Gasteiger partial charge on any atom is 0.270 e. The van der Waals surface area contributed by atoms with Crippen LogP contribution >= 0.6 is 23.2 Å². The van der Waals surface area contributed by atoms with Crippen LogP contribution in [0.5, 0.6) is 11.5 Å². The summed E-state index contributed by atoms with van der Waals surface area (Å²) < 4.78 is 11.6. The monoisotopic (exact) mass is 468 g/mol. The Hall–Kier alpha value is -3.53. The Kier molecular flexibility index (Phi) is 7.72. The van der Waals surface area contributed by atoms with Crippen LogP contribution in [0.3, 0.4) is 0 Å². The SMILES string of the molecule is CCOc1cc(/C=C(/C#N)c2cccc([N+](=O)[O-])c2)cc(Cl)c1OCc1ccc(Cl)cc1. The maximum atomic E-state index is 11.1. The van der Waals surface area contributed by atoms with E-state index in [1.54, 1.807) is 36.4 Å². The lowest BCUT2D eigenvalue weighted by molar-refractivity contribution is -0.384. The van der Waals surface area contributed by atoms with Gasteiger partial charge in [0.25, 0.3) is 5.69 Å². The summed E-state index contributed by atoms with van der Waals surface area (Å²) >= 11 is 12.4. The van der Waals surface area contributed by atoms with Gasteiger partial charge in [0.1, 0.15) is 6.61 Å². The summed E-state index contributed by atoms with van der Waals surface area (Å²) in [6.45, 7) is 2.49. The molecule has 0 N–H and O–H groups in total. The summed E-state index contributed by atoms with van der Waals surface area (Å²) in [5.41, 5.74) is 2.10. The van der Waals surface area contributed by atoms with Crippen LogP contribution in [-0.2, 0) is 6.61 Å². The maximum absolute atomic E-state index is 11.1. The van der Waals surface area contributed by atoms with E-state index < -0.39 is 4.92 Å². The van der Waals surface area contributed by atoms with Gasteiger partial charge in [-0.3, -0.25) is 10.1 Å². The molecule has 0 amide bonds. The third-order valence-corrected chi connectivity index (χ3v) is 4.96. The summed E-state index contributed by atoms with van der Waals surface area (Å²) in [5, 5.41) is 21.6. The van der Waals surface area contributed by atoms with Gasteiger partial charge in [-0.2, -0.15) is 5.26 Å². The number of rotatable bonds is 8. The van der Waals surface area contributed by atoms with Crippen molar-refractivity contribution in [1.82, 2.24) is 0 Å². The average Bonchev–Trinajstić information content (AvgIpc) is 2.78. The van der Waals surface area contributed by atoms with Gasteiger partial charge in [0, 0.05) is 17.2 Å². The molecule has 0 aliphatic heterocycles. The Bertz CT molecular complexity index is 1200. The van der Waals surface area contributed by atoms with Crippen molar-refractivity contribution in [2.45, 2.75) is 13.5 Å². The van der Waals surface area contributed by atoms with Crippen LogP contribution in [0.2, 0.25) is 10.0 Å². The quantitative estimate of drug-likeness (QED) is 0.154. The van der Waals surface area contributed by atoms with E-state index in [0.29, 0.717) is 39.3 Å². The highest BCUT2D eigenvalue weighted by Gasteiger charge is 2.14. The minimum Gasteiger partial charge on any atom is -0.490 e. The van der Waals surface area contributed by atoms with Crippen molar-refractivity contribution in [3.05, 3.63) is 97.5 Å². The molecule has 0 spiro atoms. The van der Waals surface area contributed by atoms with Crippen LogP contribution in [0.1, 0.15) is 23.6 Å². The molecule has 0 bridgehead atoms. The van der Waals surface area contributed by atoms with Crippen molar-refractivity contribution in [3.8, 4) is 17.6 Å². The molecule has 0 radical (unpaired) electrons. The van der Waals surface area contributed by atoms with E-state index in [9.17, 15) is 15.4 Å². The van der Waals surface area contributed by atoms with Gasteiger partial charge < -0.3 is 9.47 Å². The fraction of sp³-hybridized carbons (Fsp3) is 0.125. The average molecular weight is 469 g/mol. The first-order valence-electron chi connectivity index (χ1n) is 9.61. The molecule has 0 saturated carbocycles. The van der Waals surface area contributed by atoms with Gasteiger partial charge in [0.15, 0.2) is 11.5 Å². The van der Waals surface area contributed by atoms with Crippen molar-refractivity contribution in [2.24, 2.45) is 0 Å². The van der Waals surface area contributed by atoms with Gasteiger partial charge in [-0.1, -0.05) is 47.5 Å². The smallest absolute Gasteiger partial charge is 0.270 e. The number of nitro benzene ring substituents is 1. The van der Waals surface area contributed by atoms with Gasteiger partial charge in [0.05, 0.1) is 28.2 Å². The van der Waals surface area contributed by atoms with Crippen molar-refractivity contribution < 1.29 is 14.4 Å². The molecular formula is C24H18Cl2N2O4. The summed E-state index contributed by atoms with van der Waals surface area (Å²) in [6, 6.07) is 18.6. The summed E-state index contributed by atoms with van der Waals surface area (Å²) in [7, 11) is 0. The number of ether oxygens (including phenoxy) is 2. The normalized spacial score (nSPS) is 11.0. The number of hydrogen-bond acceptors (Lipinski definition) is 5. The van der Waals surface area contributed by atoms with Crippen LogP contribution in [0, 0.1) is 21.4 Å². The molecule has 3 rings (SSSR count). The van der Waals surface area contributed by atoms with Crippen molar-refractivity contribution >= 4 is 40.5 Å². The molecule has 0 aliphatic rings. The van der Waals surface area contributed by atoms with Crippen LogP contribution in [0.4, 0.5) is 5.69 Å². The predicted molar refractivity (Wildman–Crippen MR) is 125 cm³/mol. The molecule has 0 unspecified atom stereocenters. The van der Waals surface area contributed by atoms with E-state index in [4.69, 9.17) is 32.7 Å². The van der Waals surface area contributed by atoms with Crippen molar-refractivity contribution in [2.75, 3.05) is 6.61 Å². The predicted octanol–water partition coefficient (Wildman–Crippen LogP) is 6.94. The highest BCUT2D eigenvalue weighted by Crippen LogP contribution is 2.38. The fourth-order valence-corrected chi connectivity index (χ4v) is 3.34. The molecule has 32 heavy (non-hydrogen) atoms. The van der Waals surface area contributed by atoms with Gasteiger partial charge in [-0.15, -0.1) is 0 Å². The third kappa shape index (κ3) is 5.79. The molecule has 0 heterocycles. The fourth-order valence-electron chi connectivity index (χ4n) is 2.94. The number of nitro groups is 1. The zero-order chi connectivity index (χ0) is 23.1. The Balaban J connectivity index is 1.93. The Morgan fingerprint density at radius 3 is 2.53 bits per heavy atom. The molecule has 8 heteroatoms. The minimum absolute atomic E-state index is 0.0948. The van der Waals surface area contributed by atoms with E-state index in [2.05, 4.69) is 6.07 Å². The molecule has 0 saturated heterocycles. The lowest BCUT2D eigenvalue weighted by atomic mass is 10.0. The van der Waals surface area contributed by atoms with E-state index in [-0.39, 0.29) is 17.9 Å². The molecule has 162 valence electrons. The van der Waals surface area contributed by atoms with Gasteiger partial charge in [-0.25, -0.2) is 0 Å². The van der Waals surface area contributed by atoms with Crippen LogP contribution in [0.25, 0.3) is 11.6 Å². The number of nitriles is 1. The number of nitrogens with zero attached hydrogens (tertiary/aromatic N) is 2. The van der Waals surface area contributed by atoms with Crippen LogP contribution in [0.15, 0.2) is 60.7 Å². The van der Waals surface area contributed by atoms with Gasteiger partial charge in [0.2, 0.25) is 0 Å². The summed E-state index contributed by atoms with van der Waals surface area (Å²) in [5.74, 6) is 0.811. The van der Waals surface area contributed by atoms with E-state index in [1.165, 1.54) is 18.2 Å². The summed E-state index contributed by atoms with van der Waals surface area (Å²) in [4.78, 5) is 10.5. The second-order valence-electron chi connectivity index (χ2n) is 6.66. The van der Waals surface area contributed by atoms with Gasteiger partial charge in [-0.05, 0) is 54.0 Å². The first-order valence-corrected chi connectivity index (χ1v) is 10.4. The second-order valence-corrected chi connectivity index (χ2v) is 7.50. The molecule has 0 aliphatic carbocycles. The number of halogens is 2. The van der Waals surface area contributed by atoms with Crippen molar-refractivity contribution in [3.63, 3.8) is 0 Å². The summed E-state index contributed by atoms with van der Waals surface area (Å²) in [6.07, 6.45) is 1.59. The minimum atomic E-state index is -0.505. The molecular weight excluding hydrogens is 451 g/mol. The van der Waals surface area contributed by atoms with E-state index in [0.717, 1.165) is 5.56 Å². The van der Waals surface area contributed by atoms with Gasteiger partial charge >= 0.3 is 0 Å². The third-order valence-electron chi connectivity index (χ3n) is 4.43. The van der Waals surface area contributed by atoms with Crippen LogP contribution in [-0.4, -0.2) is 11.5 Å². The number of hydrogen-bond donors (Lipinski definition) is 0. The molecule has 3 aromatic carbocycles. The lowest BCUT2D eigenvalue weighted by Gasteiger charge is -2.15. The molecule has 0 fully saturated rings. The Labute approximate surface area is 195 Å². The second kappa shape index (κ2) is 10.7. The zero-order valence-electron chi connectivity index (χ0n) is 17.0. The standard InChI is InChI=1S/C24H18Cl2N2O4/c1-2-31-23-12-17(10-19(14-27)18-4-3-5-21(13-18)28(29)30)11-22(26)24(23)32-15-16-6-8-20(25)9-7-16/h3-13H,2,15H2,1H3/b19-10-. The first-order chi connectivity index (χ1) is 15.4. The largest absolute Gasteiger partial charge is 0.490 e. The topological polar surface area (TPSA) is 85.4 Å². The highest BCUT2D eigenvalue weighted by molar-refractivity contribution is 6.32. The Morgan fingerprint density at radius 2 is 1.88 bits per heavy atom. The first kappa shape index (κ1) is 23.1. The highest BCUT2D eigenvalue weighted by atomic mass is 35.5. The molecule has 3 aromatic rings. The van der Waals surface area contributed by atoms with E-state index in [1.807, 2.05) is 19.1 Å². The molecule has 0 atom stereocenters. The van der Waals surface area contributed by atoms with Crippen molar-refractivity contribution in [1.29, 1.82) is 5.26 Å². The van der Waals surface area contributed by atoms with E-state index >= 15 is 0 Å².